The van der Waals surface area contributed by atoms with Crippen LogP contribution in [-0.2, 0) is 9.53 Å². The van der Waals surface area contributed by atoms with Crippen molar-refractivity contribution in [2.45, 2.75) is 71.5 Å². The fourth-order valence-corrected chi connectivity index (χ4v) is 3.58. The second kappa shape index (κ2) is 7.10. The van der Waals surface area contributed by atoms with Gasteiger partial charge in [-0.25, -0.2) is 0 Å². The van der Waals surface area contributed by atoms with Gasteiger partial charge in [0.1, 0.15) is 0 Å². The van der Waals surface area contributed by atoms with E-state index in [2.05, 4.69) is 37.9 Å². The van der Waals surface area contributed by atoms with Gasteiger partial charge in [-0.2, -0.15) is 0 Å². The Morgan fingerprint density at radius 3 is 2.52 bits per heavy atom. The molecule has 1 heterocycles. The lowest BCUT2D eigenvalue weighted by Gasteiger charge is -2.27. The molecule has 2 rings (SSSR count). The number of hydrogen-bond donors (Lipinski definition) is 1. The molecule has 4 heteroatoms. The molecular formula is C17H32N2O2. The van der Waals surface area contributed by atoms with Gasteiger partial charge in [0.05, 0.1) is 11.7 Å². The van der Waals surface area contributed by atoms with Gasteiger partial charge in [0.25, 0.3) is 0 Å². The molecule has 1 atom stereocenters. The van der Waals surface area contributed by atoms with Gasteiger partial charge in [-0.05, 0) is 31.1 Å². The van der Waals surface area contributed by atoms with E-state index in [9.17, 15) is 4.79 Å². The first-order chi connectivity index (χ1) is 9.96. The van der Waals surface area contributed by atoms with E-state index < -0.39 is 0 Å². The highest BCUT2D eigenvalue weighted by Crippen LogP contribution is 2.37. The molecule has 1 saturated carbocycles. The Morgan fingerprint density at radius 1 is 1.29 bits per heavy atom. The van der Waals surface area contributed by atoms with Crippen molar-refractivity contribution < 1.29 is 9.53 Å². The van der Waals surface area contributed by atoms with Crippen LogP contribution in [-0.4, -0.2) is 42.3 Å². The maximum absolute atomic E-state index is 12.8. The Balaban J connectivity index is 1.88. The summed E-state index contributed by atoms with van der Waals surface area (Å²) in [7, 11) is 0. The van der Waals surface area contributed by atoms with Crippen molar-refractivity contribution in [2.24, 2.45) is 11.8 Å². The average molecular weight is 296 g/mol. The fourth-order valence-electron chi connectivity index (χ4n) is 3.58. The zero-order chi connectivity index (χ0) is 15.5. The van der Waals surface area contributed by atoms with Gasteiger partial charge >= 0.3 is 0 Å². The van der Waals surface area contributed by atoms with Crippen molar-refractivity contribution in [3.8, 4) is 0 Å². The lowest BCUT2D eigenvalue weighted by Crippen LogP contribution is -2.45. The molecule has 21 heavy (non-hydrogen) atoms. The molecule has 4 nitrogen and oxygen atoms in total. The van der Waals surface area contributed by atoms with Crippen LogP contribution in [0.1, 0.15) is 59.8 Å². The van der Waals surface area contributed by atoms with E-state index in [0.29, 0.717) is 17.7 Å². The summed E-state index contributed by atoms with van der Waals surface area (Å²) < 4.78 is 5.64. The quantitative estimate of drug-likeness (QED) is 0.735. The van der Waals surface area contributed by atoms with Crippen LogP contribution >= 0.6 is 0 Å². The molecule has 0 bridgehead atoms. The largest absolute Gasteiger partial charge is 0.381 e. The lowest BCUT2D eigenvalue weighted by atomic mass is 9.98. The van der Waals surface area contributed by atoms with Crippen LogP contribution in [0.4, 0.5) is 0 Å². The van der Waals surface area contributed by atoms with Crippen LogP contribution in [0.2, 0.25) is 0 Å². The summed E-state index contributed by atoms with van der Waals surface area (Å²) in [6.07, 6.45) is 5.49. The van der Waals surface area contributed by atoms with E-state index in [4.69, 9.17) is 4.74 Å². The number of amides is 1. The van der Waals surface area contributed by atoms with Crippen molar-refractivity contribution in [3.05, 3.63) is 0 Å². The second-order valence-electron chi connectivity index (χ2n) is 7.44. The first-order valence-electron chi connectivity index (χ1n) is 8.63. The molecule has 2 fully saturated rings. The van der Waals surface area contributed by atoms with Crippen molar-refractivity contribution in [2.75, 3.05) is 19.8 Å². The number of carbonyl (C=O) groups excluding carboxylic acids is 1. The van der Waals surface area contributed by atoms with Gasteiger partial charge in [0, 0.05) is 19.8 Å². The Bertz CT molecular complexity index is 349. The summed E-state index contributed by atoms with van der Waals surface area (Å²) in [6, 6.07) is 0. The number of ether oxygens (including phenoxy) is 1. The van der Waals surface area contributed by atoms with Crippen molar-refractivity contribution in [3.63, 3.8) is 0 Å². The molecule has 1 amide bonds. The molecule has 0 radical (unpaired) electrons. The lowest BCUT2D eigenvalue weighted by molar-refractivity contribution is -0.133. The summed E-state index contributed by atoms with van der Waals surface area (Å²) in [4.78, 5) is 14.9. The molecule has 1 unspecified atom stereocenters. The molecular weight excluding hydrogens is 264 g/mol. The number of nitrogens with zero attached hydrogens (tertiary/aromatic N) is 1. The SMILES string of the molecule is CC(C)COCCCN1C(=O)C2(CCCC2)NC1C(C)C. The van der Waals surface area contributed by atoms with Crippen LogP contribution < -0.4 is 5.32 Å². The van der Waals surface area contributed by atoms with Gasteiger partial charge < -0.3 is 9.64 Å². The molecule has 1 aliphatic heterocycles. The summed E-state index contributed by atoms with van der Waals surface area (Å²) in [6.45, 7) is 11.1. The zero-order valence-electron chi connectivity index (χ0n) is 14.2. The van der Waals surface area contributed by atoms with Gasteiger partial charge in [0.2, 0.25) is 5.91 Å². The Labute approximate surface area is 129 Å². The highest BCUT2D eigenvalue weighted by Gasteiger charge is 2.52. The number of carbonyl (C=O) groups is 1. The maximum atomic E-state index is 12.8. The van der Waals surface area contributed by atoms with Crippen molar-refractivity contribution >= 4 is 5.91 Å². The first-order valence-corrected chi connectivity index (χ1v) is 8.63. The number of rotatable bonds is 7. The molecule has 0 aromatic rings. The average Bonchev–Trinajstić information content (AvgIpc) is 2.99. The van der Waals surface area contributed by atoms with E-state index in [0.717, 1.165) is 39.0 Å². The third-order valence-electron chi connectivity index (χ3n) is 4.66. The number of nitrogens with one attached hydrogen (secondary N) is 1. The predicted octanol–water partition coefficient (Wildman–Crippen LogP) is 2.78. The van der Waals surface area contributed by atoms with Gasteiger partial charge in [-0.1, -0.05) is 40.5 Å². The Hall–Kier alpha value is -0.610. The minimum Gasteiger partial charge on any atom is -0.381 e. The van der Waals surface area contributed by atoms with Gasteiger partial charge in [-0.3, -0.25) is 10.1 Å². The Morgan fingerprint density at radius 2 is 1.95 bits per heavy atom. The van der Waals surface area contributed by atoms with Crippen LogP contribution in [0, 0.1) is 11.8 Å². The molecule has 1 spiro atoms. The number of hydrogen-bond acceptors (Lipinski definition) is 3. The summed E-state index contributed by atoms with van der Waals surface area (Å²) in [5.74, 6) is 1.36. The van der Waals surface area contributed by atoms with Crippen molar-refractivity contribution in [1.82, 2.24) is 10.2 Å². The molecule has 0 aromatic heterocycles. The molecule has 1 aliphatic carbocycles. The third kappa shape index (κ3) is 3.78. The van der Waals surface area contributed by atoms with E-state index in [1.165, 1.54) is 12.8 Å². The van der Waals surface area contributed by atoms with E-state index in [-0.39, 0.29) is 11.7 Å². The van der Waals surface area contributed by atoms with E-state index in [1.54, 1.807) is 0 Å². The molecule has 2 aliphatic rings. The summed E-state index contributed by atoms with van der Waals surface area (Å²) in [5, 5.41) is 3.66. The monoisotopic (exact) mass is 296 g/mol. The topological polar surface area (TPSA) is 41.6 Å². The zero-order valence-corrected chi connectivity index (χ0v) is 14.2. The summed E-state index contributed by atoms with van der Waals surface area (Å²) >= 11 is 0. The van der Waals surface area contributed by atoms with Crippen LogP contribution in [0.15, 0.2) is 0 Å². The fraction of sp³-hybridized carbons (Fsp3) is 0.941. The van der Waals surface area contributed by atoms with E-state index >= 15 is 0 Å². The molecule has 1 N–H and O–H groups in total. The second-order valence-corrected chi connectivity index (χ2v) is 7.44. The first kappa shape index (κ1) is 16.8. The Kier molecular flexibility index (Phi) is 5.67. The summed E-state index contributed by atoms with van der Waals surface area (Å²) in [5.41, 5.74) is -0.242. The van der Waals surface area contributed by atoms with Gasteiger partial charge in [0.15, 0.2) is 0 Å². The van der Waals surface area contributed by atoms with Crippen molar-refractivity contribution in [1.29, 1.82) is 0 Å². The van der Waals surface area contributed by atoms with Crippen LogP contribution in [0.25, 0.3) is 0 Å². The highest BCUT2D eigenvalue weighted by atomic mass is 16.5. The van der Waals surface area contributed by atoms with Crippen LogP contribution in [0.5, 0.6) is 0 Å². The molecule has 0 aromatic carbocycles. The molecule has 122 valence electrons. The smallest absolute Gasteiger partial charge is 0.244 e. The van der Waals surface area contributed by atoms with E-state index in [1.807, 2.05) is 0 Å². The third-order valence-corrected chi connectivity index (χ3v) is 4.66. The predicted molar refractivity (Wildman–Crippen MR) is 84.9 cm³/mol. The highest BCUT2D eigenvalue weighted by molar-refractivity contribution is 5.89. The van der Waals surface area contributed by atoms with Gasteiger partial charge in [-0.15, -0.1) is 0 Å². The maximum Gasteiger partial charge on any atom is 0.244 e. The minimum absolute atomic E-state index is 0.195. The molecule has 1 saturated heterocycles. The standard InChI is InChI=1S/C17H32N2O2/c1-13(2)12-21-11-7-10-19-15(14(3)4)18-17(16(19)20)8-5-6-9-17/h13-15,18H,5-12H2,1-4H3. The minimum atomic E-state index is -0.242. The van der Waals surface area contributed by atoms with Crippen LogP contribution in [0.3, 0.4) is 0 Å². The normalized spacial score (nSPS) is 25.0.